The van der Waals surface area contributed by atoms with Gasteiger partial charge >= 0.3 is 12.1 Å². The maximum absolute atomic E-state index is 13.8. The lowest BCUT2D eigenvalue weighted by molar-refractivity contribution is -0.144. The summed E-state index contributed by atoms with van der Waals surface area (Å²) in [5.74, 6) is 1.33. The van der Waals surface area contributed by atoms with Crippen LogP contribution in [0.5, 0.6) is 0 Å². The first kappa shape index (κ1) is 30.6. The number of alkyl carbamates (subject to hydrolysis) is 1. The van der Waals surface area contributed by atoms with E-state index in [4.69, 9.17) is 11.2 Å². The van der Waals surface area contributed by atoms with Crippen LogP contribution in [0.1, 0.15) is 44.4 Å². The van der Waals surface area contributed by atoms with Gasteiger partial charge in [0.25, 0.3) is 0 Å². The SMILES string of the molecule is C#Cc1ccc(C(C(=O)NCC(=O)OC)N(CC=C)C(=O)C(CCSC)NC(=O)OC(C)(C)C)cc1. The predicted octanol–water partition coefficient (Wildman–Crippen LogP) is 2.66. The second-order valence-corrected chi connectivity index (χ2v) is 9.71. The molecular weight excluding hydrogens is 482 g/mol. The number of methoxy groups -OCH3 is 1. The first-order valence-electron chi connectivity index (χ1n) is 11.3. The lowest BCUT2D eigenvalue weighted by atomic mass is 10.0. The highest BCUT2D eigenvalue weighted by molar-refractivity contribution is 7.98. The monoisotopic (exact) mass is 517 g/mol. The quantitative estimate of drug-likeness (QED) is 0.249. The van der Waals surface area contributed by atoms with Crippen molar-refractivity contribution in [2.45, 2.75) is 44.9 Å². The van der Waals surface area contributed by atoms with Gasteiger partial charge in [0, 0.05) is 12.1 Å². The lowest BCUT2D eigenvalue weighted by Gasteiger charge is -2.33. The minimum atomic E-state index is -1.14. The molecule has 0 radical (unpaired) electrons. The number of carbonyl (C=O) groups excluding carboxylic acids is 4. The van der Waals surface area contributed by atoms with Gasteiger partial charge in [-0.3, -0.25) is 14.4 Å². The van der Waals surface area contributed by atoms with Crippen LogP contribution < -0.4 is 10.6 Å². The van der Waals surface area contributed by atoms with Crippen molar-refractivity contribution >= 4 is 35.6 Å². The molecule has 0 heterocycles. The Hall–Kier alpha value is -3.45. The van der Waals surface area contributed by atoms with E-state index in [1.165, 1.54) is 29.8 Å². The summed E-state index contributed by atoms with van der Waals surface area (Å²) in [6, 6.07) is 4.48. The molecule has 9 nitrogen and oxygen atoms in total. The van der Waals surface area contributed by atoms with E-state index in [9.17, 15) is 19.2 Å². The molecule has 196 valence electrons. The minimum Gasteiger partial charge on any atom is -0.468 e. The van der Waals surface area contributed by atoms with Crippen LogP contribution >= 0.6 is 11.8 Å². The van der Waals surface area contributed by atoms with Crippen LogP contribution in [0.25, 0.3) is 0 Å². The van der Waals surface area contributed by atoms with Gasteiger partial charge in [0.2, 0.25) is 11.8 Å². The Balaban J connectivity index is 3.41. The number of amides is 3. The standard InChI is InChI=1S/C26H35N3O6S/c1-8-15-29(24(32)20(14-16-36-7)28-25(33)35-26(3,4)5)22(23(31)27-17-21(30)34-6)19-12-10-18(9-2)11-13-19/h2,8,10-13,20,22H,1,14-17H2,3-7H3,(H,27,31)(H,28,33). The van der Waals surface area contributed by atoms with Crippen molar-refractivity contribution in [3.8, 4) is 12.3 Å². The number of rotatable bonds is 12. The number of hydrogen-bond donors (Lipinski definition) is 2. The highest BCUT2D eigenvalue weighted by Gasteiger charge is 2.35. The minimum absolute atomic E-state index is 0.00218. The molecule has 0 fully saturated rings. The molecule has 1 aromatic carbocycles. The summed E-state index contributed by atoms with van der Waals surface area (Å²) < 4.78 is 9.94. The molecule has 0 aromatic heterocycles. The molecule has 0 saturated carbocycles. The summed E-state index contributed by atoms with van der Waals surface area (Å²) in [6.45, 7) is 8.50. The van der Waals surface area contributed by atoms with Gasteiger partial charge in [0.1, 0.15) is 24.2 Å². The fourth-order valence-corrected chi connectivity index (χ4v) is 3.64. The molecule has 2 N–H and O–H groups in total. The van der Waals surface area contributed by atoms with Crippen molar-refractivity contribution in [3.63, 3.8) is 0 Å². The maximum atomic E-state index is 13.8. The smallest absolute Gasteiger partial charge is 0.408 e. The van der Waals surface area contributed by atoms with Crippen LogP contribution in [-0.4, -0.2) is 72.6 Å². The first-order valence-corrected chi connectivity index (χ1v) is 12.7. The number of carbonyl (C=O) groups is 4. The van der Waals surface area contributed by atoms with Crippen LogP contribution in [0.3, 0.4) is 0 Å². The fraction of sp³-hybridized carbons (Fsp3) is 0.462. The predicted molar refractivity (Wildman–Crippen MR) is 140 cm³/mol. The maximum Gasteiger partial charge on any atom is 0.408 e. The number of benzene rings is 1. The summed E-state index contributed by atoms with van der Waals surface area (Å²) in [4.78, 5) is 52.5. The van der Waals surface area contributed by atoms with Crippen molar-refractivity contribution in [2.24, 2.45) is 0 Å². The summed E-state index contributed by atoms with van der Waals surface area (Å²) in [5, 5.41) is 5.15. The van der Waals surface area contributed by atoms with Gasteiger partial charge in [0.15, 0.2) is 0 Å². The largest absolute Gasteiger partial charge is 0.468 e. The Kier molecular flexibility index (Phi) is 12.6. The third kappa shape index (κ3) is 10.0. The second-order valence-electron chi connectivity index (χ2n) is 8.72. The number of ether oxygens (including phenoxy) is 2. The highest BCUT2D eigenvalue weighted by atomic mass is 32.2. The molecule has 1 aromatic rings. The summed E-state index contributed by atoms with van der Waals surface area (Å²) in [5.41, 5.74) is 0.304. The molecule has 1 rings (SSSR count). The van der Waals surface area contributed by atoms with Gasteiger partial charge in [-0.25, -0.2) is 4.79 Å². The van der Waals surface area contributed by atoms with Crippen LogP contribution in [-0.2, 0) is 23.9 Å². The molecule has 0 aliphatic rings. The van der Waals surface area contributed by atoms with Gasteiger partial charge in [-0.2, -0.15) is 11.8 Å². The van der Waals surface area contributed by atoms with E-state index in [-0.39, 0.29) is 13.1 Å². The molecule has 0 saturated heterocycles. The van der Waals surface area contributed by atoms with Crippen LogP contribution in [0, 0.1) is 12.3 Å². The van der Waals surface area contributed by atoms with Crippen LogP contribution in [0.2, 0.25) is 0 Å². The second kappa shape index (κ2) is 14.8. The highest BCUT2D eigenvalue weighted by Crippen LogP contribution is 2.24. The zero-order chi connectivity index (χ0) is 27.3. The molecule has 36 heavy (non-hydrogen) atoms. The van der Waals surface area contributed by atoms with E-state index in [0.29, 0.717) is 23.3 Å². The normalized spacial score (nSPS) is 12.3. The number of nitrogens with zero attached hydrogens (tertiary/aromatic N) is 1. The fourth-order valence-electron chi connectivity index (χ4n) is 3.17. The van der Waals surface area contributed by atoms with E-state index < -0.39 is 41.6 Å². The Labute approximate surface area is 217 Å². The van der Waals surface area contributed by atoms with E-state index in [0.717, 1.165) is 0 Å². The molecule has 0 aliphatic carbocycles. The third-order valence-electron chi connectivity index (χ3n) is 4.80. The number of nitrogens with one attached hydrogen (secondary N) is 2. The molecule has 3 amide bonds. The molecule has 2 unspecified atom stereocenters. The first-order chi connectivity index (χ1) is 17.0. The van der Waals surface area contributed by atoms with E-state index in [2.05, 4.69) is 27.9 Å². The number of hydrogen-bond acceptors (Lipinski definition) is 7. The summed E-state index contributed by atoms with van der Waals surface area (Å²) >= 11 is 1.51. The third-order valence-corrected chi connectivity index (χ3v) is 5.44. The molecule has 0 spiro atoms. The van der Waals surface area contributed by atoms with Crippen LogP contribution in [0.4, 0.5) is 4.79 Å². The van der Waals surface area contributed by atoms with Crippen molar-refractivity contribution in [1.29, 1.82) is 0 Å². The van der Waals surface area contributed by atoms with Gasteiger partial charge in [-0.1, -0.05) is 24.1 Å². The summed E-state index contributed by atoms with van der Waals surface area (Å²) in [7, 11) is 1.21. The Morgan fingerprint density at radius 3 is 2.36 bits per heavy atom. The van der Waals surface area contributed by atoms with Gasteiger partial charge < -0.3 is 25.0 Å². The zero-order valence-electron chi connectivity index (χ0n) is 21.5. The van der Waals surface area contributed by atoms with E-state index in [1.807, 2.05) is 6.26 Å². The Bertz CT molecular complexity index is 965. The topological polar surface area (TPSA) is 114 Å². The zero-order valence-corrected chi connectivity index (χ0v) is 22.3. The average molecular weight is 518 g/mol. The molecule has 2 atom stereocenters. The van der Waals surface area contributed by atoms with Gasteiger partial charge in [0.05, 0.1) is 7.11 Å². The molecular formula is C26H35N3O6S. The van der Waals surface area contributed by atoms with Crippen molar-refractivity contribution in [1.82, 2.24) is 15.5 Å². The summed E-state index contributed by atoms with van der Waals surface area (Å²) in [6.07, 6.45) is 8.37. The van der Waals surface area contributed by atoms with Gasteiger partial charge in [-0.05, 0) is 56.9 Å². The Morgan fingerprint density at radius 2 is 1.86 bits per heavy atom. The van der Waals surface area contributed by atoms with E-state index in [1.54, 1.807) is 45.0 Å². The molecule has 10 heteroatoms. The van der Waals surface area contributed by atoms with Gasteiger partial charge in [-0.15, -0.1) is 13.0 Å². The Morgan fingerprint density at radius 1 is 1.22 bits per heavy atom. The average Bonchev–Trinajstić information content (AvgIpc) is 2.83. The van der Waals surface area contributed by atoms with Crippen LogP contribution in [0.15, 0.2) is 36.9 Å². The van der Waals surface area contributed by atoms with Crippen molar-refractivity contribution in [2.75, 3.05) is 32.2 Å². The van der Waals surface area contributed by atoms with E-state index >= 15 is 0 Å². The van der Waals surface area contributed by atoms with Crippen molar-refractivity contribution < 1.29 is 28.7 Å². The van der Waals surface area contributed by atoms with Crippen molar-refractivity contribution in [3.05, 3.63) is 48.0 Å². The number of esters is 1. The number of terminal acetylenes is 1. The molecule has 0 bridgehead atoms. The number of thioether (sulfide) groups is 1. The lowest BCUT2D eigenvalue weighted by Crippen LogP contribution is -2.53. The molecule has 0 aliphatic heterocycles.